The van der Waals surface area contributed by atoms with Gasteiger partial charge in [0.2, 0.25) is 0 Å². The van der Waals surface area contributed by atoms with Crippen LogP contribution in [0.25, 0.3) is 33.5 Å². The van der Waals surface area contributed by atoms with Crippen LogP contribution >= 0.6 is 0 Å². The number of fused-ring (bicyclic) bond motifs is 4. The number of anilines is 6. The average molecular weight is 846 g/mol. The van der Waals surface area contributed by atoms with Gasteiger partial charge in [-0.3, -0.25) is 4.90 Å². The van der Waals surface area contributed by atoms with Crippen LogP contribution < -0.4 is 9.80 Å². The molecule has 0 amide bonds. The largest absolute Gasteiger partial charge is 0.310 e. The first kappa shape index (κ1) is 39.3. The molecule has 66 heavy (non-hydrogen) atoms. The van der Waals surface area contributed by atoms with Gasteiger partial charge in [-0.15, -0.1) is 0 Å². The maximum atomic E-state index is 5.47. The van der Waals surface area contributed by atoms with Crippen molar-refractivity contribution >= 4 is 34.3 Å². The topological polar surface area (TPSA) is 19.4 Å². The van der Waals surface area contributed by atoms with Crippen molar-refractivity contribution in [2.24, 2.45) is 0 Å². The Morgan fingerprint density at radius 1 is 0.318 bits per heavy atom. The van der Waals surface area contributed by atoms with Crippen LogP contribution in [0.5, 0.6) is 0 Å². The van der Waals surface area contributed by atoms with E-state index in [-0.39, 0.29) is 5.41 Å². The molecule has 0 saturated heterocycles. The van der Waals surface area contributed by atoms with Crippen molar-refractivity contribution in [2.45, 2.75) is 24.7 Å². The minimum atomic E-state index is -0.606. The van der Waals surface area contributed by atoms with Crippen LogP contribution in [-0.4, -0.2) is 4.98 Å². The fraction of sp³-hybridized carbons (Fsp3) is 0.0635. The molecule has 314 valence electrons. The average Bonchev–Trinajstić information content (AvgIpc) is 3.39. The third-order valence-electron chi connectivity index (χ3n) is 13.9. The summed E-state index contributed by atoms with van der Waals surface area (Å²) in [7, 11) is 0. The number of hydrogen-bond donors (Lipinski definition) is 0. The molecule has 3 heterocycles. The van der Waals surface area contributed by atoms with Gasteiger partial charge >= 0.3 is 0 Å². The molecular weight excluding hydrogens is 799 g/mol. The lowest BCUT2D eigenvalue weighted by molar-refractivity contribution is 0.631. The molecule has 9 aromatic carbocycles. The van der Waals surface area contributed by atoms with Crippen molar-refractivity contribution in [2.75, 3.05) is 9.80 Å². The predicted molar refractivity (Wildman–Crippen MR) is 274 cm³/mol. The molecule has 0 aliphatic carbocycles. The first-order chi connectivity index (χ1) is 32.5. The fourth-order valence-corrected chi connectivity index (χ4v) is 10.8. The molecule has 2 aliphatic heterocycles. The number of para-hydroxylation sites is 3. The summed E-state index contributed by atoms with van der Waals surface area (Å²) < 4.78 is 0. The van der Waals surface area contributed by atoms with Gasteiger partial charge in [-0.25, -0.2) is 4.98 Å². The van der Waals surface area contributed by atoms with Crippen molar-refractivity contribution in [1.29, 1.82) is 0 Å². The molecule has 2 aliphatic rings. The molecule has 0 N–H and O–H groups in total. The number of benzene rings is 9. The lowest BCUT2D eigenvalue weighted by atomic mass is 9.62. The second kappa shape index (κ2) is 15.8. The Morgan fingerprint density at radius 3 is 1.38 bits per heavy atom. The molecule has 0 spiro atoms. The first-order valence-corrected chi connectivity index (χ1v) is 22.9. The fourth-order valence-electron chi connectivity index (χ4n) is 10.8. The normalized spacial score (nSPS) is 14.1. The maximum Gasteiger partial charge on any atom is 0.138 e. The minimum absolute atomic E-state index is 0.313. The molecule has 12 rings (SSSR count). The third kappa shape index (κ3) is 6.23. The molecule has 0 fully saturated rings. The molecule has 3 heteroatoms. The number of nitrogens with zero attached hydrogens (tertiary/aromatic N) is 3. The Morgan fingerprint density at radius 2 is 0.773 bits per heavy atom. The van der Waals surface area contributed by atoms with E-state index in [2.05, 4.69) is 272 Å². The summed E-state index contributed by atoms with van der Waals surface area (Å²) in [5.74, 6) is 0.885. The highest BCUT2D eigenvalue weighted by molar-refractivity contribution is 5.92. The van der Waals surface area contributed by atoms with E-state index in [1.54, 1.807) is 0 Å². The summed E-state index contributed by atoms with van der Waals surface area (Å²) in [6.45, 7) is 4.73. The molecule has 1 aromatic heterocycles. The summed E-state index contributed by atoms with van der Waals surface area (Å²) in [5.41, 5.74) is 18.9. The predicted octanol–water partition coefficient (Wildman–Crippen LogP) is 16.4. The number of pyridine rings is 1. The molecule has 10 aromatic rings. The SMILES string of the molecule is CC1(C)c2ccccc2N(c2cc(-c3ccccc3)cc(-c3ccccc3)n2)c2ccc(-c3ccc4c(c3)C(c3ccccc3)(c3ccccc3)c3ccccc3N4c3ccccc3)cc21. The van der Waals surface area contributed by atoms with Crippen molar-refractivity contribution in [3.8, 4) is 33.5 Å². The zero-order valence-corrected chi connectivity index (χ0v) is 37.0. The molecule has 0 unspecified atom stereocenters. The summed E-state index contributed by atoms with van der Waals surface area (Å²) in [6, 6.07) is 90.7. The number of rotatable bonds is 7. The van der Waals surface area contributed by atoms with E-state index in [0.717, 1.165) is 56.5 Å². The van der Waals surface area contributed by atoms with Gasteiger partial charge in [-0.05, 0) is 116 Å². The standard InChI is InChI=1S/C63H47N3/c1-62(2)52-32-18-20-34-57(52)66(61-43-48(44-22-8-3-9-23-44)42-56(64-61)45-24-10-4-11-25-45)59-38-36-46(40-54(59)62)47-37-39-60-55(41-47)63(49-26-12-5-13-27-49,50-28-14-6-15-29-50)53-33-19-21-35-58(53)65(60)51-30-16-7-17-31-51/h3-43H,1-2H3. The van der Waals surface area contributed by atoms with Gasteiger partial charge in [-0.2, -0.15) is 0 Å². The number of aromatic nitrogens is 1. The molecule has 0 bridgehead atoms. The van der Waals surface area contributed by atoms with Crippen molar-refractivity contribution in [1.82, 2.24) is 4.98 Å². The summed E-state index contributed by atoms with van der Waals surface area (Å²) in [4.78, 5) is 10.3. The highest BCUT2D eigenvalue weighted by Gasteiger charge is 2.47. The van der Waals surface area contributed by atoms with Gasteiger partial charge in [0, 0.05) is 16.7 Å². The molecule has 0 saturated carbocycles. The lowest BCUT2D eigenvalue weighted by Crippen LogP contribution is -2.37. The first-order valence-electron chi connectivity index (χ1n) is 22.9. The minimum Gasteiger partial charge on any atom is -0.310 e. The Bertz CT molecular complexity index is 3290. The summed E-state index contributed by atoms with van der Waals surface area (Å²) in [6.07, 6.45) is 0. The van der Waals surface area contributed by atoms with Crippen LogP contribution in [0.4, 0.5) is 34.3 Å². The molecular formula is C63H47N3. The van der Waals surface area contributed by atoms with E-state index in [4.69, 9.17) is 4.98 Å². The van der Waals surface area contributed by atoms with Crippen LogP contribution in [-0.2, 0) is 10.8 Å². The maximum absolute atomic E-state index is 5.47. The Balaban J connectivity index is 1.09. The van der Waals surface area contributed by atoms with E-state index in [1.165, 1.54) is 44.6 Å². The van der Waals surface area contributed by atoms with Gasteiger partial charge in [0.25, 0.3) is 0 Å². The van der Waals surface area contributed by atoms with Gasteiger partial charge in [0.1, 0.15) is 5.82 Å². The zero-order valence-electron chi connectivity index (χ0n) is 37.0. The summed E-state index contributed by atoms with van der Waals surface area (Å²) >= 11 is 0. The highest BCUT2D eigenvalue weighted by Crippen LogP contribution is 2.59. The highest BCUT2D eigenvalue weighted by atomic mass is 15.2. The van der Waals surface area contributed by atoms with Gasteiger partial charge in [0.05, 0.1) is 33.9 Å². The Kier molecular flexibility index (Phi) is 9.39. The van der Waals surface area contributed by atoms with E-state index in [1.807, 2.05) is 0 Å². The quantitative estimate of drug-likeness (QED) is 0.159. The van der Waals surface area contributed by atoms with Crippen molar-refractivity contribution in [3.05, 3.63) is 282 Å². The van der Waals surface area contributed by atoms with Crippen LogP contribution in [0.2, 0.25) is 0 Å². The van der Waals surface area contributed by atoms with Crippen molar-refractivity contribution in [3.63, 3.8) is 0 Å². The van der Waals surface area contributed by atoms with E-state index >= 15 is 0 Å². The Labute approximate surface area is 387 Å². The molecule has 0 radical (unpaired) electrons. The van der Waals surface area contributed by atoms with Crippen LogP contribution in [0.15, 0.2) is 249 Å². The van der Waals surface area contributed by atoms with Crippen LogP contribution in [0.1, 0.15) is 47.2 Å². The second-order valence-corrected chi connectivity index (χ2v) is 17.9. The monoisotopic (exact) mass is 845 g/mol. The second-order valence-electron chi connectivity index (χ2n) is 17.9. The lowest BCUT2D eigenvalue weighted by Gasteiger charge is -2.46. The molecule has 3 nitrogen and oxygen atoms in total. The van der Waals surface area contributed by atoms with E-state index in [0.29, 0.717) is 0 Å². The van der Waals surface area contributed by atoms with Crippen molar-refractivity contribution < 1.29 is 0 Å². The molecule has 0 atom stereocenters. The van der Waals surface area contributed by atoms with Gasteiger partial charge < -0.3 is 4.90 Å². The summed E-state index contributed by atoms with van der Waals surface area (Å²) in [5, 5.41) is 0. The van der Waals surface area contributed by atoms with Crippen LogP contribution in [0.3, 0.4) is 0 Å². The third-order valence-corrected chi connectivity index (χ3v) is 13.9. The van der Waals surface area contributed by atoms with Gasteiger partial charge in [0.15, 0.2) is 0 Å². The zero-order chi connectivity index (χ0) is 44.2. The van der Waals surface area contributed by atoms with Crippen LogP contribution in [0, 0.1) is 0 Å². The number of hydrogen-bond acceptors (Lipinski definition) is 3. The van der Waals surface area contributed by atoms with E-state index < -0.39 is 5.41 Å². The van der Waals surface area contributed by atoms with E-state index in [9.17, 15) is 0 Å². The van der Waals surface area contributed by atoms with Gasteiger partial charge in [-0.1, -0.05) is 202 Å². The smallest absolute Gasteiger partial charge is 0.138 e. The Hall–Kier alpha value is -8.27.